The molecule has 0 fully saturated rings. The van der Waals surface area contributed by atoms with Gasteiger partial charge in [0, 0.05) is 12.1 Å². The fraction of sp³-hybridized carbons (Fsp3) is 0.0625. The number of hydrogen-bond donors (Lipinski definition) is 3. The van der Waals surface area contributed by atoms with E-state index in [0.29, 0.717) is 23.4 Å². The number of azo groups is 1. The number of non-ortho nitro benzene ring substituents is 1. The lowest BCUT2D eigenvalue weighted by Gasteiger charge is -2.04. The molecule has 12 nitrogen and oxygen atoms in total. The summed E-state index contributed by atoms with van der Waals surface area (Å²) in [6.07, 6.45) is 0. The van der Waals surface area contributed by atoms with Crippen molar-refractivity contribution in [2.75, 3.05) is 0 Å². The van der Waals surface area contributed by atoms with Gasteiger partial charge in [0.1, 0.15) is 5.69 Å². The number of aromatic nitrogens is 2. The minimum absolute atomic E-state index is 0.0381. The van der Waals surface area contributed by atoms with Crippen LogP contribution in [0.15, 0.2) is 62.4 Å². The quantitative estimate of drug-likeness (QED) is 0.170. The van der Waals surface area contributed by atoms with Crippen molar-refractivity contribution in [3.63, 3.8) is 0 Å². The number of benzene rings is 2. The molecule has 0 unspecified atom stereocenters. The van der Waals surface area contributed by atoms with Crippen molar-refractivity contribution in [3.05, 3.63) is 68.6 Å². The fourth-order valence-corrected chi connectivity index (χ4v) is 2.85. The van der Waals surface area contributed by atoms with Crippen LogP contribution in [0.2, 0.25) is 0 Å². The third kappa shape index (κ3) is 4.33. The Hall–Kier alpha value is -3.52. The first-order valence-electron chi connectivity index (χ1n) is 7.87. The number of phenols is 1. The predicted octanol–water partition coefficient (Wildman–Crippen LogP) is 3.93. The Labute approximate surface area is 166 Å². The number of hydrogen-bond acceptors (Lipinski definition) is 10. The van der Waals surface area contributed by atoms with Gasteiger partial charge in [-0.05, 0) is 19.1 Å². The second-order valence-corrected chi connectivity index (χ2v) is 6.30. The van der Waals surface area contributed by atoms with Crippen molar-refractivity contribution < 1.29 is 24.7 Å². The van der Waals surface area contributed by atoms with Crippen LogP contribution in [0, 0.1) is 17.0 Å². The van der Waals surface area contributed by atoms with Gasteiger partial charge in [0.2, 0.25) is 0 Å². The lowest BCUT2D eigenvalue weighted by molar-refractivity contribution is -0.432. The fourth-order valence-electron chi connectivity index (χ4n) is 2.39. The maximum Gasteiger partial charge on any atom is 0.299 e. The molecule has 0 spiro atoms. The molecule has 3 aromatic rings. The van der Waals surface area contributed by atoms with E-state index >= 15 is 0 Å². The average molecular weight is 419 g/mol. The number of H-pyrrole nitrogens is 1. The Morgan fingerprint density at radius 3 is 2.62 bits per heavy atom. The Morgan fingerprint density at radius 1 is 1.24 bits per heavy atom. The van der Waals surface area contributed by atoms with Gasteiger partial charge in [-0.1, -0.05) is 23.2 Å². The number of rotatable bonds is 7. The van der Waals surface area contributed by atoms with Gasteiger partial charge >= 0.3 is 0 Å². The van der Waals surface area contributed by atoms with Crippen molar-refractivity contribution in [3.8, 4) is 11.4 Å². The number of aromatic amines is 1. The van der Waals surface area contributed by atoms with Crippen molar-refractivity contribution in [2.45, 2.75) is 11.8 Å². The number of aromatic hydroxyl groups is 1. The normalized spacial score (nSPS) is 11.2. The third-order valence-electron chi connectivity index (χ3n) is 3.72. The van der Waals surface area contributed by atoms with Gasteiger partial charge in [-0.15, -0.1) is 14.6 Å². The highest BCUT2D eigenvalue weighted by Gasteiger charge is 2.19. The molecule has 3 N–H and O–H groups in total. The summed E-state index contributed by atoms with van der Waals surface area (Å²) in [6.45, 7) is 1.61. The first kappa shape index (κ1) is 20.2. The maximum atomic E-state index is 12.6. The van der Waals surface area contributed by atoms with E-state index < -0.39 is 21.9 Å². The summed E-state index contributed by atoms with van der Waals surface area (Å²) in [4.78, 5) is 22.8. The Kier molecular flexibility index (Phi) is 6.04. The van der Waals surface area contributed by atoms with Crippen LogP contribution in [0.3, 0.4) is 0 Å². The van der Waals surface area contributed by atoms with E-state index in [1.807, 2.05) is 0 Å². The van der Waals surface area contributed by atoms with Gasteiger partial charge in [0.15, 0.2) is 11.4 Å². The molecule has 0 radical (unpaired) electrons. The number of para-hydroxylation sites is 1. The van der Waals surface area contributed by atoms with Gasteiger partial charge in [0.25, 0.3) is 11.2 Å². The summed E-state index contributed by atoms with van der Waals surface area (Å²) in [7, 11) is 0. The van der Waals surface area contributed by atoms with Crippen LogP contribution in [-0.2, 0) is 9.37 Å². The van der Waals surface area contributed by atoms with E-state index in [4.69, 9.17) is 5.26 Å². The number of nitrogens with zero attached hydrogens (tertiary/aromatic N) is 4. The maximum absolute atomic E-state index is 12.6. The molecular weight excluding hydrogens is 406 g/mol. The number of aryl methyl sites for hydroxylation is 1. The van der Waals surface area contributed by atoms with E-state index in [-0.39, 0.29) is 16.3 Å². The summed E-state index contributed by atoms with van der Waals surface area (Å²) < 4.78 is 5.47. The van der Waals surface area contributed by atoms with Gasteiger partial charge in [-0.2, -0.15) is 0 Å². The van der Waals surface area contributed by atoms with Crippen LogP contribution >= 0.6 is 12.0 Å². The molecule has 0 atom stereocenters. The predicted molar refractivity (Wildman–Crippen MR) is 101 cm³/mol. The van der Waals surface area contributed by atoms with Gasteiger partial charge in [-0.3, -0.25) is 20.0 Å². The van der Waals surface area contributed by atoms with Crippen molar-refractivity contribution in [2.24, 2.45) is 10.2 Å². The molecule has 0 saturated carbocycles. The Bertz CT molecular complexity index is 1130. The van der Waals surface area contributed by atoms with Crippen molar-refractivity contribution in [1.82, 2.24) is 9.78 Å². The van der Waals surface area contributed by atoms with E-state index in [9.17, 15) is 20.0 Å². The summed E-state index contributed by atoms with van der Waals surface area (Å²) >= 11 is 0.322. The highest BCUT2D eigenvalue weighted by molar-refractivity contribution is 7.94. The summed E-state index contributed by atoms with van der Waals surface area (Å²) in [5.41, 5.74) is -0.250. The highest BCUT2D eigenvalue weighted by atomic mass is 32.2. The van der Waals surface area contributed by atoms with Gasteiger partial charge in [0.05, 0.1) is 33.2 Å². The number of nitro benzene ring substituents is 1. The van der Waals surface area contributed by atoms with Crippen LogP contribution in [0.1, 0.15) is 5.69 Å². The molecule has 150 valence electrons. The zero-order valence-electron chi connectivity index (χ0n) is 14.7. The van der Waals surface area contributed by atoms with Gasteiger partial charge < -0.3 is 5.11 Å². The number of phenolic OH excluding ortho intramolecular Hbond substituents is 1. The summed E-state index contributed by atoms with van der Waals surface area (Å²) in [5.74, 6) is -0.516. The molecule has 13 heteroatoms. The smallest absolute Gasteiger partial charge is 0.299 e. The van der Waals surface area contributed by atoms with Crippen LogP contribution in [0.25, 0.3) is 5.69 Å². The molecule has 0 amide bonds. The average Bonchev–Trinajstić information content (AvgIpc) is 3.00. The zero-order valence-corrected chi connectivity index (χ0v) is 15.5. The largest absolute Gasteiger partial charge is 0.504 e. The zero-order chi connectivity index (χ0) is 21.0. The SMILES string of the molecule is Cc1[nH]n(-c2ccccc2)c(=O)c1N=Nc1cc([N+](=O)[O-])cc(SOOO)c1O. The second kappa shape index (κ2) is 8.66. The minimum atomic E-state index is -0.716. The minimum Gasteiger partial charge on any atom is -0.504 e. The van der Waals surface area contributed by atoms with Crippen LogP contribution < -0.4 is 5.56 Å². The highest BCUT2D eigenvalue weighted by Crippen LogP contribution is 2.41. The van der Waals surface area contributed by atoms with Crippen LogP contribution in [0.4, 0.5) is 17.1 Å². The molecule has 3 rings (SSSR count). The van der Waals surface area contributed by atoms with E-state index in [2.05, 4.69) is 24.7 Å². The standard InChI is InChI=1S/C16H13N5O7S/c1-9-14(16(23)20(19-9)10-5-3-2-4-6-10)18-17-12-7-11(21(24)25)8-13(15(12)22)29-28-27-26/h2-8,19,22,26H,1H3. The van der Waals surface area contributed by atoms with Crippen LogP contribution in [-0.4, -0.2) is 25.1 Å². The molecular formula is C16H13N5O7S. The lowest BCUT2D eigenvalue weighted by Crippen LogP contribution is -2.13. The molecule has 0 aliphatic carbocycles. The topological polar surface area (TPSA) is 165 Å². The molecule has 0 aliphatic heterocycles. The first-order valence-corrected chi connectivity index (χ1v) is 8.61. The molecule has 1 aromatic heterocycles. The first-order chi connectivity index (χ1) is 13.9. The monoisotopic (exact) mass is 419 g/mol. The molecule has 29 heavy (non-hydrogen) atoms. The molecule has 2 aromatic carbocycles. The summed E-state index contributed by atoms with van der Waals surface area (Å²) in [5, 5.41) is 43.5. The molecule has 0 aliphatic rings. The van der Waals surface area contributed by atoms with E-state index in [1.54, 1.807) is 37.3 Å². The number of nitro groups is 1. The van der Waals surface area contributed by atoms with Crippen LogP contribution in [0.5, 0.6) is 5.75 Å². The van der Waals surface area contributed by atoms with E-state index in [1.165, 1.54) is 4.68 Å². The Balaban J connectivity index is 2.02. The Morgan fingerprint density at radius 2 is 1.97 bits per heavy atom. The van der Waals surface area contributed by atoms with Crippen molar-refractivity contribution >= 4 is 29.1 Å². The summed E-state index contributed by atoms with van der Waals surface area (Å²) in [6, 6.07) is 10.7. The number of nitrogens with one attached hydrogen (secondary N) is 1. The lowest BCUT2D eigenvalue weighted by atomic mass is 10.2. The third-order valence-corrected chi connectivity index (χ3v) is 4.34. The van der Waals surface area contributed by atoms with E-state index in [0.717, 1.165) is 12.1 Å². The van der Waals surface area contributed by atoms with Crippen molar-refractivity contribution in [1.29, 1.82) is 0 Å². The molecule has 0 saturated heterocycles. The molecule has 0 bridgehead atoms. The van der Waals surface area contributed by atoms with Gasteiger partial charge in [-0.25, -0.2) is 9.94 Å². The second-order valence-electron chi connectivity index (χ2n) is 5.56. The molecule has 1 heterocycles.